The molecule has 0 atom stereocenters. The Balaban J connectivity index is 1.44. The maximum atomic E-state index is 13.1. The fraction of sp³-hybridized carbons (Fsp3) is 0.409. The number of benzene rings is 2. The van der Waals surface area contributed by atoms with Gasteiger partial charge in [0.05, 0.1) is 5.56 Å². The van der Waals surface area contributed by atoms with Gasteiger partial charge < -0.3 is 15.0 Å². The Morgan fingerprint density at radius 2 is 1.81 bits per heavy atom. The Labute approximate surface area is 165 Å². The largest absolute Gasteiger partial charge is 0.488 e. The second-order valence-electron chi connectivity index (χ2n) is 7.60. The lowest BCUT2D eigenvalue weighted by atomic mass is 9.78. The summed E-state index contributed by atoms with van der Waals surface area (Å²) in [5.74, 6) is 0.677. The lowest BCUT2D eigenvalue weighted by Crippen LogP contribution is -2.44. The molecule has 0 unspecified atom stereocenters. The smallest absolute Gasteiger partial charge is 0.257 e. The third-order valence-corrected chi connectivity index (χ3v) is 6.27. The molecule has 2 fully saturated rings. The number of ether oxygens (including phenoxy) is 1. The second kappa shape index (κ2) is 7.91. The van der Waals surface area contributed by atoms with Crippen molar-refractivity contribution in [3.63, 3.8) is 0 Å². The van der Waals surface area contributed by atoms with Crippen LogP contribution in [-0.2, 0) is 6.61 Å². The molecule has 0 aliphatic carbocycles. The number of rotatable bonds is 4. The maximum Gasteiger partial charge on any atom is 0.257 e. The molecule has 2 aromatic carbocycles. The third-order valence-electron chi connectivity index (χ3n) is 5.90. The van der Waals surface area contributed by atoms with Crippen LogP contribution < -0.4 is 10.1 Å². The van der Waals surface area contributed by atoms with Gasteiger partial charge in [0.2, 0.25) is 0 Å². The van der Waals surface area contributed by atoms with Gasteiger partial charge in [-0.15, -0.1) is 0 Å². The van der Waals surface area contributed by atoms with E-state index in [1.165, 1.54) is 6.42 Å². The van der Waals surface area contributed by atoms with Crippen LogP contribution in [0, 0.1) is 5.41 Å². The van der Waals surface area contributed by atoms with Crippen LogP contribution in [0.4, 0.5) is 0 Å². The van der Waals surface area contributed by atoms with Crippen molar-refractivity contribution in [3.8, 4) is 5.75 Å². The minimum absolute atomic E-state index is 0.0607. The van der Waals surface area contributed by atoms with E-state index in [-0.39, 0.29) is 5.91 Å². The van der Waals surface area contributed by atoms with Gasteiger partial charge >= 0.3 is 0 Å². The van der Waals surface area contributed by atoms with Crippen molar-refractivity contribution in [2.24, 2.45) is 5.41 Å². The van der Waals surface area contributed by atoms with E-state index >= 15 is 0 Å². The number of hydrogen-bond donors (Lipinski definition) is 1. The highest BCUT2D eigenvalue weighted by molar-refractivity contribution is 6.31. The zero-order valence-corrected chi connectivity index (χ0v) is 16.2. The predicted octanol–water partition coefficient (Wildman–Crippen LogP) is 4.13. The highest BCUT2D eigenvalue weighted by atomic mass is 35.5. The lowest BCUT2D eigenvalue weighted by molar-refractivity contribution is 0.0603. The monoisotopic (exact) mass is 384 g/mol. The molecule has 0 saturated carbocycles. The summed E-state index contributed by atoms with van der Waals surface area (Å²) in [4.78, 5) is 15.1. The summed E-state index contributed by atoms with van der Waals surface area (Å²) >= 11 is 6.21. The fourth-order valence-corrected chi connectivity index (χ4v) is 4.31. The first-order valence-electron chi connectivity index (χ1n) is 9.62. The van der Waals surface area contributed by atoms with Crippen LogP contribution in [0.15, 0.2) is 48.5 Å². The van der Waals surface area contributed by atoms with Crippen LogP contribution in [0.2, 0.25) is 5.02 Å². The van der Waals surface area contributed by atoms with E-state index < -0.39 is 0 Å². The van der Waals surface area contributed by atoms with E-state index in [1.54, 1.807) is 0 Å². The molecule has 2 heterocycles. The molecule has 4 nitrogen and oxygen atoms in total. The summed E-state index contributed by atoms with van der Waals surface area (Å²) in [5, 5.41) is 4.14. The normalized spacial score (nSPS) is 18.6. The summed E-state index contributed by atoms with van der Waals surface area (Å²) in [7, 11) is 0. The Kier molecular flexibility index (Phi) is 5.37. The maximum absolute atomic E-state index is 13.1. The van der Waals surface area contributed by atoms with E-state index in [0.29, 0.717) is 28.4 Å². The summed E-state index contributed by atoms with van der Waals surface area (Å²) < 4.78 is 5.97. The molecule has 0 bridgehead atoms. The van der Waals surface area contributed by atoms with Crippen LogP contribution in [0.25, 0.3) is 0 Å². The number of nitrogens with one attached hydrogen (secondary N) is 1. The van der Waals surface area contributed by atoms with Gasteiger partial charge in [-0.25, -0.2) is 0 Å². The number of likely N-dealkylation sites (tertiary alicyclic amines) is 1. The number of para-hydroxylation sites is 1. The predicted molar refractivity (Wildman–Crippen MR) is 107 cm³/mol. The number of carbonyl (C=O) groups is 1. The summed E-state index contributed by atoms with van der Waals surface area (Å²) in [6, 6.07) is 15.1. The summed E-state index contributed by atoms with van der Waals surface area (Å²) in [5.41, 5.74) is 1.94. The van der Waals surface area contributed by atoms with Crippen LogP contribution in [0.5, 0.6) is 5.75 Å². The Morgan fingerprint density at radius 1 is 1.07 bits per heavy atom. The number of carbonyl (C=O) groups excluding carboxylic acids is 1. The average Bonchev–Trinajstić information content (AvgIpc) is 3.16. The van der Waals surface area contributed by atoms with Gasteiger partial charge in [0.15, 0.2) is 0 Å². The van der Waals surface area contributed by atoms with E-state index in [4.69, 9.17) is 16.3 Å². The molecule has 0 aromatic heterocycles. The quantitative estimate of drug-likeness (QED) is 0.861. The van der Waals surface area contributed by atoms with Crippen molar-refractivity contribution in [1.29, 1.82) is 0 Å². The van der Waals surface area contributed by atoms with Crippen LogP contribution in [-0.4, -0.2) is 37.0 Å². The zero-order valence-electron chi connectivity index (χ0n) is 15.4. The van der Waals surface area contributed by atoms with Gasteiger partial charge in [-0.05, 0) is 49.4 Å². The van der Waals surface area contributed by atoms with E-state index in [1.807, 2.05) is 53.4 Å². The highest BCUT2D eigenvalue weighted by Gasteiger charge is 2.38. The molecular weight excluding hydrogens is 360 g/mol. The van der Waals surface area contributed by atoms with Gasteiger partial charge in [0.1, 0.15) is 12.4 Å². The number of piperidine rings is 1. The summed E-state index contributed by atoms with van der Waals surface area (Å²) in [6.45, 7) is 4.18. The van der Waals surface area contributed by atoms with Crippen LogP contribution >= 0.6 is 11.6 Å². The molecule has 1 amide bonds. The van der Waals surface area contributed by atoms with Gasteiger partial charge in [0, 0.05) is 30.2 Å². The van der Waals surface area contributed by atoms with Crippen molar-refractivity contribution in [2.75, 3.05) is 26.2 Å². The van der Waals surface area contributed by atoms with Crippen molar-refractivity contribution >= 4 is 17.5 Å². The first-order chi connectivity index (χ1) is 13.2. The molecule has 0 radical (unpaired) electrons. The van der Waals surface area contributed by atoms with E-state index in [0.717, 1.165) is 44.6 Å². The second-order valence-corrected chi connectivity index (χ2v) is 8.00. The molecule has 5 heteroatoms. The van der Waals surface area contributed by atoms with Crippen molar-refractivity contribution < 1.29 is 9.53 Å². The molecule has 2 aliphatic rings. The molecule has 1 N–H and O–H groups in total. The SMILES string of the molecule is O=C(c1ccccc1OCc1ccccc1Cl)N1CCC2(CCNC2)CC1. The van der Waals surface area contributed by atoms with Gasteiger partial charge in [-0.3, -0.25) is 4.79 Å². The molecule has 2 aliphatic heterocycles. The lowest BCUT2D eigenvalue weighted by Gasteiger charge is -2.39. The summed E-state index contributed by atoms with van der Waals surface area (Å²) in [6.07, 6.45) is 3.38. The first-order valence-corrected chi connectivity index (χ1v) is 10.00. The molecule has 1 spiro atoms. The standard InChI is InChI=1S/C22H25ClN2O2/c23-19-7-3-1-5-17(19)15-27-20-8-4-2-6-18(20)21(26)25-13-10-22(11-14-25)9-12-24-16-22/h1-8,24H,9-16H2. The average molecular weight is 385 g/mol. The molecule has 142 valence electrons. The van der Waals surface area contributed by atoms with Crippen LogP contribution in [0.1, 0.15) is 35.2 Å². The fourth-order valence-electron chi connectivity index (χ4n) is 4.12. The molecule has 27 heavy (non-hydrogen) atoms. The van der Waals surface area contributed by atoms with Gasteiger partial charge in [-0.1, -0.05) is 41.9 Å². The van der Waals surface area contributed by atoms with Crippen LogP contribution in [0.3, 0.4) is 0 Å². The van der Waals surface area contributed by atoms with Crippen molar-refractivity contribution in [3.05, 3.63) is 64.7 Å². The van der Waals surface area contributed by atoms with Crippen molar-refractivity contribution in [1.82, 2.24) is 10.2 Å². The third kappa shape index (κ3) is 3.97. The van der Waals surface area contributed by atoms with E-state index in [9.17, 15) is 4.79 Å². The molecule has 2 aromatic rings. The minimum atomic E-state index is 0.0607. The Hall–Kier alpha value is -2.04. The highest BCUT2D eigenvalue weighted by Crippen LogP contribution is 2.37. The number of nitrogens with zero attached hydrogens (tertiary/aromatic N) is 1. The number of hydrogen-bond acceptors (Lipinski definition) is 3. The number of amides is 1. The first kappa shape index (κ1) is 18.3. The topological polar surface area (TPSA) is 41.6 Å². The molecular formula is C22H25ClN2O2. The molecule has 4 rings (SSSR count). The zero-order chi connectivity index (χ0) is 18.7. The number of halogens is 1. The Morgan fingerprint density at radius 3 is 2.56 bits per heavy atom. The minimum Gasteiger partial charge on any atom is -0.488 e. The van der Waals surface area contributed by atoms with Crippen molar-refractivity contribution in [2.45, 2.75) is 25.9 Å². The Bertz CT molecular complexity index is 807. The van der Waals surface area contributed by atoms with E-state index in [2.05, 4.69) is 5.32 Å². The molecule has 2 saturated heterocycles. The van der Waals surface area contributed by atoms with Gasteiger partial charge in [-0.2, -0.15) is 0 Å². The van der Waals surface area contributed by atoms with Gasteiger partial charge in [0.25, 0.3) is 5.91 Å².